The van der Waals surface area contributed by atoms with Gasteiger partial charge in [0.1, 0.15) is 23.7 Å². The number of likely N-dealkylation sites (tertiary alicyclic amines) is 1. The van der Waals surface area contributed by atoms with Gasteiger partial charge in [0, 0.05) is 43.5 Å². The molecule has 3 atom stereocenters. The van der Waals surface area contributed by atoms with Crippen LogP contribution in [0.15, 0.2) is 54.7 Å². The number of halogens is 1. The van der Waals surface area contributed by atoms with Gasteiger partial charge in [0.05, 0.1) is 0 Å². The number of nitrogens with one attached hydrogen (secondary N) is 1. The summed E-state index contributed by atoms with van der Waals surface area (Å²) in [5.41, 5.74) is 3.31. The molecule has 8 heteroatoms. The number of nitrogens with zero attached hydrogens (tertiary/aromatic N) is 3. The molecule has 2 aromatic rings. The number of hydrogen-bond acceptors (Lipinski definition) is 5. The van der Waals surface area contributed by atoms with Crippen molar-refractivity contribution in [1.29, 1.82) is 0 Å². The molecular weight excluding hydrogens is 483 g/mol. The smallest absolute Gasteiger partial charge is 0.255 e. The van der Waals surface area contributed by atoms with Crippen LogP contribution in [0.2, 0.25) is 0 Å². The average molecular weight is 521 g/mol. The van der Waals surface area contributed by atoms with Gasteiger partial charge in [-0.15, -0.1) is 0 Å². The Morgan fingerprint density at radius 3 is 2.58 bits per heavy atom. The maximum atomic E-state index is 13.4. The molecule has 3 aliphatic heterocycles. The molecule has 0 aromatic heterocycles. The van der Waals surface area contributed by atoms with Crippen molar-refractivity contribution in [2.45, 2.75) is 64.4 Å². The van der Waals surface area contributed by atoms with Crippen molar-refractivity contribution in [3.05, 3.63) is 77.2 Å². The van der Waals surface area contributed by atoms with E-state index in [1.54, 1.807) is 4.90 Å². The molecule has 202 valence electrons. The van der Waals surface area contributed by atoms with Crippen molar-refractivity contribution in [2.75, 3.05) is 26.2 Å². The molecule has 1 N–H and O–H groups in total. The van der Waals surface area contributed by atoms with Gasteiger partial charge in [-0.3, -0.25) is 19.4 Å². The Morgan fingerprint density at radius 1 is 1.11 bits per heavy atom. The zero-order valence-electron chi connectivity index (χ0n) is 22.3. The third-order valence-electron chi connectivity index (χ3n) is 8.10. The first-order chi connectivity index (χ1) is 18.4. The van der Waals surface area contributed by atoms with E-state index in [2.05, 4.69) is 35.5 Å². The summed E-state index contributed by atoms with van der Waals surface area (Å²) in [6.07, 6.45) is 2.19. The van der Waals surface area contributed by atoms with E-state index in [1.807, 2.05) is 30.3 Å². The van der Waals surface area contributed by atoms with Crippen LogP contribution < -0.4 is 10.1 Å². The first-order valence-corrected chi connectivity index (χ1v) is 13.7. The second kappa shape index (κ2) is 11.3. The Kier molecular flexibility index (Phi) is 7.81. The van der Waals surface area contributed by atoms with E-state index < -0.39 is 6.04 Å². The van der Waals surface area contributed by atoms with E-state index in [0.29, 0.717) is 30.6 Å². The summed E-state index contributed by atoms with van der Waals surface area (Å²) in [6, 6.07) is 12.2. The molecule has 0 radical (unpaired) electrons. The van der Waals surface area contributed by atoms with Crippen molar-refractivity contribution < 1.29 is 18.7 Å². The van der Waals surface area contributed by atoms with Crippen LogP contribution in [0.3, 0.4) is 0 Å². The zero-order valence-corrected chi connectivity index (χ0v) is 22.3. The lowest BCUT2D eigenvalue weighted by atomic mass is 9.98. The quantitative estimate of drug-likeness (QED) is 0.571. The SMILES string of the molecule is C=C1CCC(N2Cc3cc(O[C@H]4CN(Cc5ccc(F)cc5)CC[C@@H]4N(CC)CC)ccc3C2=O)C(=O)N1. The van der Waals surface area contributed by atoms with Crippen LogP contribution in [0.5, 0.6) is 5.75 Å². The molecule has 38 heavy (non-hydrogen) atoms. The summed E-state index contributed by atoms with van der Waals surface area (Å²) < 4.78 is 20.0. The van der Waals surface area contributed by atoms with Gasteiger partial charge in [-0.2, -0.15) is 0 Å². The highest BCUT2D eigenvalue weighted by Gasteiger charge is 2.39. The number of carbonyl (C=O) groups excluding carboxylic acids is 2. The van der Waals surface area contributed by atoms with Crippen molar-refractivity contribution >= 4 is 11.8 Å². The number of rotatable bonds is 8. The summed E-state index contributed by atoms with van der Waals surface area (Å²) >= 11 is 0. The first-order valence-electron chi connectivity index (χ1n) is 13.7. The Bertz CT molecular complexity index is 1200. The predicted molar refractivity (Wildman–Crippen MR) is 144 cm³/mol. The van der Waals surface area contributed by atoms with Crippen LogP contribution in [-0.4, -0.2) is 70.9 Å². The number of ether oxygens (including phenoxy) is 1. The Labute approximate surface area is 224 Å². The second-order valence-electron chi connectivity index (χ2n) is 10.5. The van der Waals surface area contributed by atoms with Gasteiger partial charge in [0.25, 0.3) is 5.91 Å². The first kappa shape index (κ1) is 26.4. The fourth-order valence-corrected chi connectivity index (χ4v) is 6.06. The third kappa shape index (κ3) is 5.47. The molecule has 2 saturated heterocycles. The van der Waals surface area contributed by atoms with Crippen molar-refractivity contribution in [3.8, 4) is 5.75 Å². The third-order valence-corrected chi connectivity index (χ3v) is 8.10. The van der Waals surface area contributed by atoms with Crippen molar-refractivity contribution in [1.82, 2.24) is 20.0 Å². The molecule has 5 rings (SSSR count). The highest BCUT2D eigenvalue weighted by Crippen LogP contribution is 2.32. The minimum absolute atomic E-state index is 0.0505. The standard InChI is InChI=1S/C30H37FN4O3/c1-4-34(5-2)26-14-15-33(17-21-7-9-23(31)10-8-21)19-28(26)38-24-11-12-25-22(16-24)18-35(30(25)37)27-13-6-20(3)32-29(27)36/h7-12,16,26-28H,3-6,13-15,17-19H2,1-2H3,(H,32,36)/t26-,27?,28-/m0/s1. The molecule has 0 aliphatic carbocycles. The fourth-order valence-electron chi connectivity index (χ4n) is 6.06. The van der Waals surface area contributed by atoms with Crippen LogP contribution in [0.25, 0.3) is 0 Å². The largest absolute Gasteiger partial charge is 0.487 e. The molecule has 7 nitrogen and oxygen atoms in total. The topological polar surface area (TPSA) is 65.1 Å². The molecule has 0 bridgehead atoms. The van der Waals surface area contributed by atoms with Gasteiger partial charge in [-0.1, -0.05) is 32.6 Å². The molecule has 2 fully saturated rings. The fraction of sp³-hybridized carbons (Fsp3) is 0.467. The molecule has 0 saturated carbocycles. The number of amides is 2. The summed E-state index contributed by atoms with van der Waals surface area (Å²) in [5, 5.41) is 2.79. The number of piperidine rings is 2. The minimum Gasteiger partial charge on any atom is -0.487 e. The summed E-state index contributed by atoms with van der Waals surface area (Å²) in [5.74, 6) is 0.247. The summed E-state index contributed by atoms with van der Waals surface area (Å²) in [6.45, 7) is 12.9. The Balaban J connectivity index is 1.31. The lowest BCUT2D eigenvalue weighted by molar-refractivity contribution is -0.126. The molecular formula is C30H37FN4O3. The van der Waals surface area contributed by atoms with E-state index in [9.17, 15) is 14.0 Å². The number of carbonyl (C=O) groups is 2. The number of hydrogen-bond donors (Lipinski definition) is 1. The normalized spacial score (nSPS) is 24.1. The van der Waals surface area contributed by atoms with Gasteiger partial charge >= 0.3 is 0 Å². The highest BCUT2D eigenvalue weighted by molar-refractivity contribution is 6.01. The van der Waals surface area contributed by atoms with Gasteiger partial charge < -0.3 is 15.0 Å². The van der Waals surface area contributed by atoms with E-state index in [0.717, 1.165) is 56.0 Å². The Hall–Kier alpha value is -3.23. The van der Waals surface area contributed by atoms with Gasteiger partial charge in [-0.25, -0.2) is 4.39 Å². The number of fused-ring (bicyclic) bond motifs is 1. The summed E-state index contributed by atoms with van der Waals surface area (Å²) in [7, 11) is 0. The van der Waals surface area contributed by atoms with Crippen LogP contribution >= 0.6 is 0 Å². The van der Waals surface area contributed by atoms with Crippen LogP contribution in [0, 0.1) is 5.82 Å². The number of allylic oxidation sites excluding steroid dienone is 1. The maximum Gasteiger partial charge on any atom is 0.255 e. The molecule has 2 amide bonds. The van der Waals surface area contributed by atoms with Crippen LogP contribution in [0.4, 0.5) is 4.39 Å². The van der Waals surface area contributed by atoms with Gasteiger partial charge in [0.15, 0.2) is 0 Å². The van der Waals surface area contributed by atoms with Crippen LogP contribution in [0.1, 0.15) is 54.6 Å². The molecule has 3 aliphatic rings. The van der Waals surface area contributed by atoms with E-state index in [1.165, 1.54) is 12.1 Å². The minimum atomic E-state index is -0.477. The lowest BCUT2D eigenvalue weighted by Crippen LogP contribution is -2.56. The monoisotopic (exact) mass is 520 g/mol. The second-order valence-corrected chi connectivity index (χ2v) is 10.5. The van der Waals surface area contributed by atoms with Crippen LogP contribution in [-0.2, 0) is 17.9 Å². The molecule has 2 aromatic carbocycles. The van der Waals surface area contributed by atoms with E-state index in [4.69, 9.17) is 4.74 Å². The zero-order chi connectivity index (χ0) is 26.8. The molecule has 0 spiro atoms. The predicted octanol–water partition coefficient (Wildman–Crippen LogP) is 3.94. The van der Waals surface area contributed by atoms with Crippen molar-refractivity contribution in [2.24, 2.45) is 0 Å². The summed E-state index contributed by atoms with van der Waals surface area (Å²) in [4.78, 5) is 32.1. The van der Waals surface area contributed by atoms with E-state index in [-0.39, 0.29) is 29.8 Å². The maximum absolute atomic E-state index is 13.4. The average Bonchev–Trinajstić information content (AvgIpc) is 3.22. The Morgan fingerprint density at radius 2 is 1.87 bits per heavy atom. The van der Waals surface area contributed by atoms with Gasteiger partial charge in [0.2, 0.25) is 5.91 Å². The number of likely N-dealkylation sites (N-methyl/N-ethyl adjacent to an activating group) is 1. The number of benzene rings is 2. The lowest BCUT2D eigenvalue weighted by Gasteiger charge is -2.43. The van der Waals surface area contributed by atoms with Gasteiger partial charge in [-0.05, 0) is 73.8 Å². The highest BCUT2D eigenvalue weighted by atomic mass is 19.1. The molecule has 1 unspecified atom stereocenters. The van der Waals surface area contributed by atoms with Crippen molar-refractivity contribution in [3.63, 3.8) is 0 Å². The molecule has 3 heterocycles. The van der Waals surface area contributed by atoms with E-state index >= 15 is 0 Å².